The Bertz CT molecular complexity index is 372. The first kappa shape index (κ1) is 14.6. The zero-order valence-corrected chi connectivity index (χ0v) is 12.4. The Balaban J connectivity index is 1.63. The molecule has 0 saturated carbocycles. The van der Waals surface area contributed by atoms with Crippen LogP contribution in [-0.2, 0) is 6.42 Å². The molecule has 2 atom stereocenters. The highest BCUT2D eigenvalue weighted by Crippen LogP contribution is 2.37. The topological polar surface area (TPSA) is 26.0 Å². The Hall–Kier alpha value is -0.820. The van der Waals surface area contributed by atoms with Gasteiger partial charge in [-0.3, -0.25) is 0 Å². The lowest BCUT2D eigenvalue weighted by atomic mass is 9.94. The zero-order valence-electron chi connectivity index (χ0n) is 12.4. The lowest BCUT2D eigenvalue weighted by Crippen LogP contribution is -2.16. The minimum atomic E-state index is 0.288. The summed E-state index contributed by atoms with van der Waals surface area (Å²) < 4.78 is 0. The Labute approximate surface area is 118 Å². The first-order valence-corrected chi connectivity index (χ1v) is 8.16. The molecule has 1 aliphatic rings. The summed E-state index contributed by atoms with van der Waals surface area (Å²) in [5.41, 5.74) is 9.26. The van der Waals surface area contributed by atoms with E-state index < -0.39 is 0 Å². The molecule has 0 bridgehead atoms. The highest BCUT2D eigenvalue weighted by atomic mass is 14.7. The summed E-state index contributed by atoms with van der Waals surface area (Å²) in [5, 5.41) is 0. The van der Waals surface area contributed by atoms with Gasteiger partial charge in [0.25, 0.3) is 0 Å². The van der Waals surface area contributed by atoms with Gasteiger partial charge in [-0.25, -0.2) is 0 Å². The fourth-order valence-electron chi connectivity index (χ4n) is 3.35. The number of hydrogen-bond acceptors (Lipinski definition) is 1. The van der Waals surface area contributed by atoms with Gasteiger partial charge in [-0.05, 0) is 29.9 Å². The monoisotopic (exact) mass is 259 g/mol. The van der Waals surface area contributed by atoms with Gasteiger partial charge in [-0.2, -0.15) is 0 Å². The quantitative estimate of drug-likeness (QED) is 0.653. The van der Waals surface area contributed by atoms with Gasteiger partial charge in [0.2, 0.25) is 0 Å². The van der Waals surface area contributed by atoms with Crippen molar-refractivity contribution in [1.82, 2.24) is 0 Å². The first-order chi connectivity index (χ1) is 9.33. The van der Waals surface area contributed by atoms with Gasteiger partial charge in [-0.1, -0.05) is 76.1 Å². The highest BCUT2D eigenvalue weighted by molar-refractivity contribution is 5.35. The average molecular weight is 259 g/mol. The summed E-state index contributed by atoms with van der Waals surface area (Å²) in [5.74, 6) is 0.688. The summed E-state index contributed by atoms with van der Waals surface area (Å²) in [6.07, 6.45) is 12.3. The van der Waals surface area contributed by atoms with Crippen molar-refractivity contribution >= 4 is 0 Å². The Morgan fingerprint density at radius 3 is 2.42 bits per heavy atom. The molecule has 1 aliphatic carbocycles. The predicted molar refractivity (Wildman–Crippen MR) is 83.2 cm³/mol. The van der Waals surface area contributed by atoms with Gasteiger partial charge in [0.05, 0.1) is 0 Å². The second kappa shape index (κ2) is 7.69. The van der Waals surface area contributed by atoms with Crippen LogP contribution < -0.4 is 5.73 Å². The Kier molecular flexibility index (Phi) is 5.91. The van der Waals surface area contributed by atoms with Gasteiger partial charge in [0.1, 0.15) is 0 Å². The van der Waals surface area contributed by atoms with Crippen LogP contribution in [0.2, 0.25) is 0 Å². The molecule has 0 saturated heterocycles. The molecule has 1 aromatic rings. The minimum Gasteiger partial charge on any atom is -0.324 e. The van der Waals surface area contributed by atoms with E-state index >= 15 is 0 Å². The SMILES string of the molecule is CCCCCCCCCC1Cc2ccccc2C1N. The van der Waals surface area contributed by atoms with Crippen LogP contribution in [0.5, 0.6) is 0 Å². The van der Waals surface area contributed by atoms with Crippen LogP contribution in [0.1, 0.15) is 75.5 Å². The summed E-state index contributed by atoms with van der Waals surface area (Å²) in [6.45, 7) is 2.28. The smallest absolute Gasteiger partial charge is 0.0329 e. The number of hydrogen-bond donors (Lipinski definition) is 1. The highest BCUT2D eigenvalue weighted by Gasteiger charge is 2.28. The van der Waals surface area contributed by atoms with E-state index in [1.165, 1.54) is 68.9 Å². The van der Waals surface area contributed by atoms with Crippen molar-refractivity contribution in [2.24, 2.45) is 11.7 Å². The molecule has 0 amide bonds. The third kappa shape index (κ3) is 4.07. The van der Waals surface area contributed by atoms with Crippen molar-refractivity contribution in [3.05, 3.63) is 35.4 Å². The zero-order chi connectivity index (χ0) is 13.5. The standard InChI is InChI=1S/C18H29N/c1-2-3-4-5-6-7-8-12-16-14-15-11-9-10-13-17(15)18(16)19/h9-11,13,16,18H,2-8,12,14,19H2,1H3. The van der Waals surface area contributed by atoms with Crippen LogP contribution >= 0.6 is 0 Å². The maximum atomic E-state index is 6.37. The van der Waals surface area contributed by atoms with Crippen molar-refractivity contribution < 1.29 is 0 Å². The van der Waals surface area contributed by atoms with Gasteiger partial charge >= 0.3 is 0 Å². The lowest BCUT2D eigenvalue weighted by molar-refractivity contribution is 0.409. The normalized spacial score (nSPS) is 21.6. The molecule has 1 heteroatoms. The van der Waals surface area contributed by atoms with E-state index in [1.54, 1.807) is 0 Å². The molecule has 106 valence electrons. The second-order valence-corrected chi connectivity index (χ2v) is 6.10. The van der Waals surface area contributed by atoms with Crippen molar-refractivity contribution in [3.63, 3.8) is 0 Å². The molecule has 0 radical (unpaired) electrons. The molecule has 0 aromatic heterocycles. The fourth-order valence-corrected chi connectivity index (χ4v) is 3.35. The van der Waals surface area contributed by atoms with E-state index in [2.05, 4.69) is 31.2 Å². The van der Waals surface area contributed by atoms with E-state index in [-0.39, 0.29) is 6.04 Å². The van der Waals surface area contributed by atoms with E-state index in [0.29, 0.717) is 5.92 Å². The van der Waals surface area contributed by atoms with E-state index in [9.17, 15) is 0 Å². The molecule has 0 spiro atoms. The van der Waals surface area contributed by atoms with Crippen molar-refractivity contribution in [2.45, 2.75) is 70.8 Å². The minimum absolute atomic E-state index is 0.288. The van der Waals surface area contributed by atoms with Crippen molar-refractivity contribution in [1.29, 1.82) is 0 Å². The third-order valence-corrected chi connectivity index (χ3v) is 4.58. The van der Waals surface area contributed by atoms with Crippen LogP contribution in [0.15, 0.2) is 24.3 Å². The largest absolute Gasteiger partial charge is 0.324 e. The molecule has 2 N–H and O–H groups in total. The molecule has 1 nitrogen and oxygen atoms in total. The van der Waals surface area contributed by atoms with E-state index in [1.807, 2.05) is 0 Å². The number of fused-ring (bicyclic) bond motifs is 1. The van der Waals surface area contributed by atoms with E-state index in [0.717, 1.165) is 0 Å². The molecule has 2 unspecified atom stereocenters. The van der Waals surface area contributed by atoms with Gasteiger partial charge in [0.15, 0.2) is 0 Å². The molecular weight excluding hydrogens is 230 g/mol. The lowest BCUT2D eigenvalue weighted by Gasteiger charge is -2.15. The molecular formula is C18H29N. The number of nitrogens with two attached hydrogens (primary N) is 1. The Morgan fingerprint density at radius 1 is 1.00 bits per heavy atom. The van der Waals surface area contributed by atoms with Gasteiger partial charge in [0, 0.05) is 6.04 Å². The van der Waals surface area contributed by atoms with E-state index in [4.69, 9.17) is 5.73 Å². The molecule has 1 aromatic carbocycles. The predicted octanol–water partition coefficient (Wildman–Crippen LogP) is 5.00. The summed E-state index contributed by atoms with van der Waals surface area (Å²) >= 11 is 0. The summed E-state index contributed by atoms with van der Waals surface area (Å²) in [4.78, 5) is 0. The molecule has 0 heterocycles. The van der Waals surface area contributed by atoms with Crippen LogP contribution in [-0.4, -0.2) is 0 Å². The van der Waals surface area contributed by atoms with Crippen molar-refractivity contribution in [3.8, 4) is 0 Å². The fraction of sp³-hybridized carbons (Fsp3) is 0.667. The third-order valence-electron chi connectivity index (χ3n) is 4.58. The molecule has 19 heavy (non-hydrogen) atoms. The van der Waals surface area contributed by atoms with Crippen LogP contribution in [0.4, 0.5) is 0 Å². The van der Waals surface area contributed by atoms with Gasteiger partial charge in [-0.15, -0.1) is 0 Å². The number of unbranched alkanes of at least 4 members (excludes halogenated alkanes) is 6. The van der Waals surface area contributed by atoms with Crippen LogP contribution in [0.25, 0.3) is 0 Å². The maximum Gasteiger partial charge on any atom is 0.0329 e. The molecule has 0 fully saturated rings. The number of rotatable bonds is 8. The molecule has 0 aliphatic heterocycles. The average Bonchev–Trinajstić information content (AvgIpc) is 2.75. The van der Waals surface area contributed by atoms with Crippen LogP contribution in [0.3, 0.4) is 0 Å². The Morgan fingerprint density at radius 2 is 1.68 bits per heavy atom. The first-order valence-electron chi connectivity index (χ1n) is 8.16. The summed E-state index contributed by atoms with van der Waals surface area (Å²) in [7, 11) is 0. The number of benzene rings is 1. The van der Waals surface area contributed by atoms with Gasteiger partial charge < -0.3 is 5.73 Å². The maximum absolute atomic E-state index is 6.37. The van der Waals surface area contributed by atoms with Crippen LogP contribution in [0, 0.1) is 5.92 Å². The van der Waals surface area contributed by atoms with Crippen molar-refractivity contribution in [2.75, 3.05) is 0 Å². The second-order valence-electron chi connectivity index (χ2n) is 6.10. The molecule has 2 rings (SSSR count). The summed E-state index contributed by atoms with van der Waals surface area (Å²) in [6, 6.07) is 9.01.